The Balaban J connectivity index is 0.00000220. The first-order valence-corrected chi connectivity index (χ1v) is 14.4. The Morgan fingerprint density at radius 3 is 1.50 bits per heavy atom. The quantitative estimate of drug-likeness (QED) is 0.494. The molecule has 0 bridgehead atoms. The van der Waals surface area contributed by atoms with Gasteiger partial charge in [-0.2, -0.15) is 0 Å². The van der Waals surface area contributed by atoms with Crippen LogP contribution in [0.3, 0.4) is 0 Å². The number of allylic oxidation sites excluding steroid dienone is 8. The van der Waals surface area contributed by atoms with E-state index in [9.17, 15) is 0 Å². The molecule has 0 nitrogen and oxygen atoms in total. The van der Waals surface area contributed by atoms with Crippen molar-refractivity contribution in [2.45, 2.75) is 66.5 Å². The Morgan fingerprint density at radius 1 is 0.864 bits per heavy atom. The predicted octanol–water partition coefficient (Wildman–Crippen LogP) is -0.108. The average molecular weight is 480 g/mol. The molecule has 0 atom stereocenters. The van der Waals surface area contributed by atoms with Gasteiger partial charge in [0.15, 0.2) is 0 Å². The van der Waals surface area contributed by atoms with E-state index in [0.717, 1.165) is 0 Å². The molecule has 0 amide bonds. The van der Waals surface area contributed by atoms with Crippen LogP contribution < -0.4 is 34.0 Å². The van der Waals surface area contributed by atoms with Crippen molar-refractivity contribution in [1.82, 2.24) is 0 Å². The summed E-state index contributed by atoms with van der Waals surface area (Å²) in [6.07, 6.45) is 9.84. The molecule has 0 fully saturated rings. The fourth-order valence-corrected chi connectivity index (χ4v) is 16.3. The molecular weight excluding hydrogens is 452 g/mol. The van der Waals surface area contributed by atoms with Gasteiger partial charge in [-0.05, 0) is 0 Å². The molecule has 0 unspecified atom stereocenters. The van der Waals surface area contributed by atoms with Crippen molar-refractivity contribution < 1.29 is 50.6 Å². The molecule has 0 spiro atoms. The maximum absolute atomic E-state index is 2.57. The Labute approximate surface area is 164 Å². The van der Waals surface area contributed by atoms with Gasteiger partial charge in [0.1, 0.15) is 0 Å². The minimum absolute atomic E-state index is 0. The van der Waals surface area contributed by atoms with Crippen molar-refractivity contribution in [3.05, 3.63) is 42.2 Å². The normalized spacial score (nSPS) is 16.6. The van der Waals surface area contributed by atoms with Gasteiger partial charge in [0, 0.05) is 0 Å². The van der Waals surface area contributed by atoms with Gasteiger partial charge >= 0.3 is 131 Å². The molecular formula is C18H28Br2SiTi. The van der Waals surface area contributed by atoms with Gasteiger partial charge in [0.25, 0.3) is 0 Å². The van der Waals surface area contributed by atoms with Crippen LogP contribution in [0.4, 0.5) is 0 Å². The molecule has 0 aromatic rings. The summed E-state index contributed by atoms with van der Waals surface area (Å²) in [6.45, 7) is 14.5. The van der Waals surface area contributed by atoms with E-state index in [-0.39, 0.29) is 40.1 Å². The summed E-state index contributed by atoms with van der Waals surface area (Å²) < 4.78 is 3.85. The van der Waals surface area contributed by atoms with Crippen LogP contribution in [0.5, 0.6) is 0 Å². The maximum atomic E-state index is 2.57. The summed E-state index contributed by atoms with van der Waals surface area (Å²) in [4.78, 5) is 0. The van der Waals surface area contributed by atoms with E-state index in [1.54, 1.807) is 22.3 Å². The standard InChI is InChI=1S/2C8H11.C2H6Si.2BrH.Ti/c2*1-3-8-6-4-5-7(8)2;1-3-2;;;/h2*5H,3-4H2,1-2H3;1-2H3;2*1H;/q;;;;;+2/p-2. The fraction of sp³-hybridized carbons (Fsp3) is 0.556. The van der Waals surface area contributed by atoms with E-state index in [0.29, 0.717) is 0 Å². The van der Waals surface area contributed by atoms with E-state index < -0.39 is 16.6 Å². The van der Waals surface area contributed by atoms with Crippen molar-refractivity contribution in [2.24, 2.45) is 0 Å². The molecule has 0 aliphatic heterocycles. The van der Waals surface area contributed by atoms with Gasteiger partial charge in [-0.1, -0.05) is 0 Å². The fourth-order valence-electron chi connectivity index (χ4n) is 3.76. The number of hydrogen-bond donors (Lipinski definition) is 0. The number of hydrogen-bond acceptors (Lipinski definition) is 0. The van der Waals surface area contributed by atoms with Crippen molar-refractivity contribution in [2.75, 3.05) is 0 Å². The first kappa shape index (κ1) is 22.9. The molecule has 0 saturated carbocycles. The van der Waals surface area contributed by atoms with Gasteiger partial charge in [0.05, 0.1) is 0 Å². The molecule has 0 aromatic heterocycles. The monoisotopic (exact) mass is 478 g/mol. The summed E-state index contributed by atoms with van der Waals surface area (Å²) in [7, 11) is 0. The average Bonchev–Trinajstić information content (AvgIpc) is 2.94. The molecule has 4 heteroatoms. The van der Waals surface area contributed by atoms with E-state index in [4.69, 9.17) is 0 Å². The van der Waals surface area contributed by atoms with Crippen molar-refractivity contribution in [3.63, 3.8) is 0 Å². The molecule has 22 heavy (non-hydrogen) atoms. The number of rotatable bonds is 4. The van der Waals surface area contributed by atoms with Crippen molar-refractivity contribution in [3.8, 4) is 0 Å². The second-order valence-corrected chi connectivity index (χ2v) is 18.0. The van der Waals surface area contributed by atoms with Gasteiger partial charge in [0.2, 0.25) is 0 Å². The van der Waals surface area contributed by atoms with E-state index in [1.165, 1.54) is 25.7 Å². The van der Waals surface area contributed by atoms with Crippen LogP contribution in [-0.4, -0.2) is 6.19 Å². The van der Waals surface area contributed by atoms with Crippen molar-refractivity contribution in [1.29, 1.82) is 0 Å². The second-order valence-electron chi connectivity index (χ2n) is 6.18. The predicted molar refractivity (Wildman–Crippen MR) is 88.9 cm³/mol. The van der Waals surface area contributed by atoms with Gasteiger partial charge in [-0.3, -0.25) is 0 Å². The van der Waals surface area contributed by atoms with E-state index >= 15 is 0 Å². The third-order valence-corrected chi connectivity index (χ3v) is 16.4. The molecule has 0 heterocycles. The van der Waals surface area contributed by atoms with Crippen LogP contribution in [0.25, 0.3) is 0 Å². The molecule has 122 valence electrons. The summed E-state index contributed by atoms with van der Waals surface area (Å²) in [5.41, 5.74) is 6.63. The first-order valence-electron chi connectivity index (χ1n) is 7.97. The smallest absolute Gasteiger partial charge is 1.00 e. The summed E-state index contributed by atoms with van der Waals surface area (Å²) >= 11 is -1.21. The van der Waals surface area contributed by atoms with Crippen LogP contribution in [-0.2, 0) is 16.6 Å². The molecule has 2 aliphatic rings. The Morgan fingerprint density at radius 2 is 1.23 bits per heavy atom. The van der Waals surface area contributed by atoms with Crippen LogP contribution in [0.15, 0.2) is 42.2 Å². The minimum Gasteiger partial charge on any atom is -1.00 e. The van der Waals surface area contributed by atoms with Crippen LogP contribution >= 0.6 is 0 Å². The summed E-state index contributed by atoms with van der Waals surface area (Å²) in [6, 6.07) is 0. The summed E-state index contributed by atoms with van der Waals surface area (Å²) in [5, 5.41) is 0. The zero-order chi connectivity index (χ0) is 14.9. The molecule has 2 aliphatic carbocycles. The van der Waals surface area contributed by atoms with Gasteiger partial charge in [-0.25, -0.2) is 0 Å². The van der Waals surface area contributed by atoms with E-state index in [1.807, 2.05) is 7.76 Å². The molecule has 0 N–H and O–H groups in total. The van der Waals surface area contributed by atoms with Crippen LogP contribution in [0, 0.1) is 0 Å². The number of halogens is 2. The largest absolute Gasteiger partial charge is 1.00 e. The molecule has 0 radical (unpaired) electrons. The third kappa shape index (κ3) is 4.47. The molecule has 0 aromatic carbocycles. The topological polar surface area (TPSA) is 0 Å². The molecule has 2 rings (SSSR count). The Hall–Kier alpha value is 0.851. The summed E-state index contributed by atoms with van der Waals surface area (Å²) in [5.74, 6) is 0. The van der Waals surface area contributed by atoms with Crippen LogP contribution in [0.2, 0.25) is 13.1 Å². The zero-order valence-electron chi connectivity index (χ0n) is 14.7. The van der Waals surface area contributed by atoms with Gasteiger partial charge in [-0.15, -0.1) is 0 Å². The van der Waals surface area contributed by atoms with Crippen molar-refractivity contribution >= 4 is 6.19 Å². The van der Waals surface area contributed by atoms with Gasteiger partial charge < -0.3 is 34.0 Å². The Bertz CT molecular complexity index is 542. The third-order valence-electron chi connectivity index (χ3n) is 4.72. The minimum atomic E-state index is -1.21. The molecule has 0 saturated heterocycles. The Kier molecular flexibility index (Phi) is 10.4. The maximum Gasteiger partial charge on any atom is -1.00 e. The zero-order valence-corrected chi connectivity index (χ0v) is 20.5. The SMILES string of the molecule is CCC1=[C]([Ti+2]([C]2=C(CC)C(C)=CC2)=[Si](C)C)CC=C1C.[Br-].[Br-]. The van der Waals surface area contributed by atoms with Crippen LogP contribution in [0.1, 0.15) is 53.4 Å². The van der Waals surface area contributed by atoms with E-state index in [2.05, 4.69) is 52.9 Å². The first-order chi connectivity index (χ1) is 9.51. The second kappa shape index (κ2) is 9.98.